The SMILES string of the molecule is CC1CN(C)CCN1CC(=O)c1cccc(Cl)c1. The van der Waals surface area contributed by atoms with Crippen molar-refractivity contribution in [2.75, 3.05) is 33.2 Å². The summed E-state index contributed by atoms with van der Waals surface area (Å²) in [5, 5.41) is 0.618. The standard InChI is InChI=1S/C14H19ClN2O/c1-11-9-16(2)6-7-17(11)10-14(18)12-4-3-5-13(15)8-12/h3-5,8,11H,6-7,9-10H2,1-2H3. The predicted molar refractivity (Wildman–Crippen MR) is 74.3 cm³/mol. The molecule has 4 heteroatoms. The number of likely N-dealkylation sites (N-methyl/N-ethyl adjacent to an activating group) is 1. The molecule has 0 radical (unpaired) electrons. The topological polar surface area (TPSA) is 23.6 Å². The van der Waals surface area contributed by atoms with Gasteiger partial charge in [0.05, 0.1) is 6.54 Å². The normalized spacial score (nSPS) is 22.1. The van der Waals surface area contributed by atoms with E-state index < -0.39 is 0 Å². The minimum atomic E-state index is 0.147. The molecule has 0 aromatic heterocycles. The molecule has 1 aromatic rings. The molecule has 3 nitrogen and oxygen atoms in total. The quantitative estimate of drug-likeness (QED) is 0.784. The molecule has 98 valence electrons. The Kier molecular flexibility index (Phi) is 4.38. The second kappa shape index (κ2) is 5.83. The molecule has 2 rings (SSSR count). The van der Waals surface area contributed by atoms with Crippen molar-refractivity contribution >= 4 is 17.4 Å². The first-order chi connectivity index (χ1) is 8.56. The molecule has 1 aliphatic heterocycles. The molecule has 1 fully saturated rings. The van der Waals surface area contributed by atoms with E-state index in [1.54, 1.807) is 12.1 Å². The van der Waals surface area contributed by atoms with Gasteiger partial charge in [-0.15, -0.1) is 0 Å². The summed E-state index contributed by atoms with van der Waals surface area (Å²) in [7, 11) is 2.12. The van der Waals surface area contributed by atoms with E-state index in [9.17, 15) is 4.79 Å². The molecule has 0 bridgehead atoms. The van der Waals surface area contributed by atoms with Gasteiger partial charge in [-0.05, 0) is 26.1 Å². The number of benzene rings is 1. The third-order valence-corrected chi connectivity index (χ3v) is 3.70. The Morgan fingerprint density at radius 3 is 2.89 bits per heavy atom. The van der Waals surface area contributed by atoms with E-state index in [2.05, 4.69) is 23.8 Å². The number of Topliss-reactive ketones (excluding diaryl/α,β-unsaturated/α-hetero) is 1. The van der Waals surface area contributed by atoms with Gasteiger partial charge in [-0.25, -0.2) is 0 Å². The molecule has 1 saturated heterocycles. The van der Waals surface area contributed by atoms with Crippen LogP contribution in [0.15, 0.2) is 24.3 Å². The van der Waals surface area contributed by atoms with Crippen LogP contribution in [0.25, 0.3) is 0 Å². The highest BCUT2D eigenvalue weighted by atomic mass is 35.5. The summed E-state index contributed by atoms with van der Waals surface area (Å²) in [4.78, 5) is 16.7. The van der Waals surface area contributed by atoms with Gasteiger partial charge >= 0.3 is 0 Å². The summed E-state index contributed by atoms with van der Waals surface area (Å²) in [5.41, 5.74) is 0.702. The number of hydrogen-bond acceptors (Lipinski definition) is 3. The zero-order valence-electron chi connectivity index (χ0n) is 10.9. The van der Waals surface area contributed by atoms with E-state index in [4.69, 9.17) is 11.6 Å². The number of rotatable bonds is 3. The molecular formula is C14H19ClN2O. The lowest BCUT2D eigenvalue weighted by Crippen LogP contribution is -2.51. The molecule has 1 aliphatic rings. The van der Waals surface area contributed by atoms with Gasteiger partial charge in [0.15, 0.2) is 5.78 Å². The lowest BCUT2D eigenvalue weighted by molar-refractivity contribution is 0.0747. The van der Waals surface area contributed by atoms with E-state index >= 15 is 0 Å². The van der Waals surface area contributed by atoms with Gasteiger partial charge in [-0.1, -0.05) is 23.7 Å². The summed E-state index contributed by atoms with van der Waals surface area (Å²) < 4.78 is 0. The van der Waals surface area contributed by atoms with Crippen LogP contribution in [0.2, 0.25) is 5.02 Å². The fraction of sp³-hybridized carbons (Fsp3) is 0.500. The van der Waals surface area contributed by atoms with Gasteiger partial charge < -0.3 is 4.90 Å². The van der Waals surface area contributed by atoms with E-state index in [1.807, 2.05) is 12.1 Å². The van der Waals surface area contributed by atoms with Gasteiger partial charge in [-0.2, -0.15) is 0 Å². The zero-order chi connectivity index (χ0) is 13.1. The van der Waals surface area contributed by atoms with Crippen LogP contribution in [0.5, 0.6) is 0 Å². The average molecular weight is 267 g/mol. The molecule has 1 aromatic carbocycles. The fourth-order valence-electron chi connectivity index (χ4n) is 2.35. The first-order valence-corrected chi connectivity index (χ1v) is 6.65. The summed E-state index contributed by atoms with van der Waals surface area (Å²) in [6, 6.07) is 7.60. The number of piperazine rings is 1. The Bertz CT molecular complexity index is 436. The average Bonchev–Trinajstić information content (AvgIpc) is 2.32. The van der Waals surface area contributed by atoms with Gasteiger partial charge in [-0.3, -0.25) is 9.69 Å². The smallest absolute Gasteiger partial charge is 0.176 e. The van der Waals surface area contributed by atoms with E-state index in [0.29, 0.717) is 23.2 Å². The summed E-state index contributed by atoms with van der Waals surface area (Å²) in [6.07, 6.45) is 0. The number of ketones is 1. The lowest BCUT2D eigenvalue weighted by atomic mass is 10.1. The summed E-state index contributed by atoms with van der Waals surface area (Å²) in [6.45, 7) is 5.64. The van der Waals surface area contributed by atoms with Crippen LogP contribution in [0.1, 0.15) is 17.3 Å². The number of carbonyl (C=O) groups excluding carboxylic acids is 1. The molecule has 1 heterocycles. The Labute approximate surface area is 113 Å². The monoisotopic (exact) mass is 266 g/mol. The predicted octanol–water partition coefficient (Wildman–Crippen LogP) is 2.16. The molecule has 0 amide bonds. The summed E-state index contributed by atoms with van der Waals surface area (Å²) in [5.74, 6) is 0.147. The molecule has 0 spiro atoms. The number of nitrogens with zero attached hydrogens (tertiary/aromatic N) is 2. The van der Waals surface area contributed by atoms with Crippen LogP contribution < -0.4 is 0 Å². The Morgan fingerprint density at radius 1 is 1.44 bits per heavy atom. The first-order valence-electron chi connectivity index (χ1n) is 6.27. The number of carbonyl (C=O) groups is 1. The van der Waals surface area contributed by atoms with Gasteiger partial charge in [0.25, 0.3) is 0 Å². The van der Waals surface area contributed by atoms with Gasteiger partial charge in [0.1, 0.15) is 0 Å². The third-order valence-electron chi connectivity index (χ3n) is 3.46. The van der Waals surface area contributed by atoms with Crippen LogP contribution in [-0.4, -0.2) is 54.9 Å². The Balaban J connectivity index is 1.99. The second-order valence-corrected chi connectivity index (χ2v) is 5.45. The van der Waals surface area contributed by atoms with Crippen molar-refractivity contribution in [1.29, 1.82) is 0 Å². The summed E-state index contributed by atoms with van der Waals surface area (Å²) >= 11 is 5.91. The van der Waals surface area contributed by atoms with Gasteiger partial charge in [0, 0.05) is 36.3 Å². The largest absolute Gasteiger partial charge is 0.304 e. The lowest BCUT2D eigenvalue weighted by Gasteiger charge is -2.37. The van der Waals surface area contributed by atoms with Crippen LogP contribution in [0, 0.1) is 0 Å². The van der Waals surface area contributed by atoms with E-state index in [1.165, 1.54) is 0 Å². The van der Waals surface area contributed by atoms with Crippen molar-refractivity contribution in [2.24, 2.45) is 0 Å². The van der Waals surface area contributed by atoms with E-state index in [-0.39, 0.29) is 5.78 Å². The van der Waals surface area contributed by atoms with Crippen LogP contribution in [0.4, 0.5) is 0 Å². The maximum atomic E-state index is 12.2. The molecule has 0 aliphatic carbocycles. The second-order valence-electron chi connectivity index (χ2n) is 5.02. The molecule has 1 atom stereocenters. The van der Waals surface area contributed by atoms with Crippen molar-refractivity contribution in [1.82, 2.24) is 9.80 Å². The van der Waals surface area contributed by atoms with Crippen molar-refractivity contribution < 1.29 is 4.79 Å². The molecule has 1 unspecified atom stereocenters. The third kappa shape index (κ3) is 3.31. The first kappa shape index (κ1) is 13.5. The van der Waals surface area contributed by atoms with Crippen LogP contribution >= 0.6 is 11.6 Å². The Hall–Kier alpha value is -0.900. The van der Waals surface area contributed by atoms with Crippen molar-refractivity contribution in [2.45, 2.75) is 13.0 Å². The highest BCUT2D eigenvalue weighted by Gasteiger charge is 2.23. The molecule has 0 N–H and O–H groups in total. The maximum Gasteiger partial charge on any atom is 0.176 e. The maximum absolute atomic E-state index is 12.2. The van der Waals surface area contributed by atoms with Crippen molar-refractivity contribution in [3.05, 3.63) is 34.9 Å². The van der Waals surface area contributed by atoms with Crippen molar-refractivity contribution in [3.63, 3.8) is 0 Å². The van der Waals surface area contributed by atoms with Crippen molar-refractivity contribution in [3.8, 4) is 0 Å². The zero-order valence-corrected chi connectivity index (χ0v) is 11.7. The highest BCUT2D eigenvalue weighted by Crippen LogP contribution is 2.13. The van der Waals surface area contributed by atoms with Crippen LogP contribution in [0.3, 0.4) is 0 Å². The van der Waals surface area contributed by atoms with Gasteiger partial charge in [0.2, 0.25) is 0 Å². The fourth-order valence-corrected chi connectivity index (χ4v) is 2.54. The number of hydrogen-bond donors (Lipinski definition) is 0. The molecular weight excluding hydrogens is 248 g/mol. The van der Waals surface area contributed by atoms with E-state index in [0.717, 1.165) is 19.6 Å². The number of halogens is 1. The van der Waals surface area contributed by atoms with Crippen LogP contribution in [-0.2, 0) is 0 Å². The molecule has 18 heavy (non-hydrogen) atoms. The molecule has 0 saturated carbocycles. The minimum absolute atomic E-state index is 0.147. The minimum Gasteiger partial charge on any atom is -0.304 e. The highest BCUT2D eigenvalue weighted by molar-refractivity contribution is 6.31. The Morgan fingerprint density at radius 2 is 2.22 bits per heavy atom.